The highest BCUT2D eigenvalue weighted by Crippen LogP contribution is 2.19. The molecule has 0 aromatic heterocycles. The van der Waals surface area contributed by atoms with Crippen LogP contribution in [-0.2, 0) is 0 Å². The molecule has 0 aliphatic heterocycles. The van der Waals surface area contributed by atoms with Crippen molar-refractivity contribution >= 4 is 5.69 Å². The van der Waals surface area contributed by atoms with Crippen LogP contribution in [0.5, 0.6) is 5.75 Å². The van der Waals surface area contributed by atoms with E-state index in [1.165, 1.54) is 0 Å². The molecule has 0 aliphatic carbocycles. The van der Waals surface area contributed by atoms with Crippen LogP contribution in [-0.4, -0.2) is 24.4 Å². The Hall–Kier alpha value is -1.22. The molecule has 0 saturated carbocycles. The topological polar surface area (TPSA) is 41.5 Å². The minimum Gasteiger partial charge on any atom is -0.497 e. The van der Waals surface area contributed by atoms with Gasteiger partial charge in [0.05, 0.1) is 12.7 Å². The Morgan fingerprint density at radius 1 is 1.31 bits per heavy atom. The molecule has 0 atom stereocenters. The van der Waals surface area contributed by atoms with Crippen LogP contribution < -0.4 is 10.1 Å². The molecule has 2 N–H and O–H groups in total. The third-order valence-electron chi connectivity index (χ3n) is 3.01. The second-order valence-electron chi connectivity index (χ2n) is 4.02. The quantitative estimate of drug-likeness (QED) is 0.779. The van der Waals surface area contributed by atoms with Crippen molar-refractivity contribution in [1.82, 2.24) is 0 Å². The smallest absolute Gasteiger partial charge is 0.120 e. The highest BCUT2D eigenvalue weighted by Gasteiger charge is 2.21. The number of methoxy groups -OCH3 is 1. The first-order valence-electron chi connectivity index (χ1n) is 5.74. The second-order valence-corrected chi connectivity index (χ2v) is 4.02. The van der Waals surface area contributed by atoms with E-state index in [1.54, 1.807) is 7.11 Å². The summed E-state index contributed by atoms with van der Waals surface area (Å²) in [5, 5.41) is 13.4. The largest absolute Gasteiger partial charge is 0.497 e. The molecule has 0 aliphatic rings. The van der Waals surface area contributed by atoms with Gasteiger partial charge in [-0.2, -0.15) is 0 Å². The Morgan fingerprint density at radius 2 is 2.00 bits per heavy atom. The zero-order valence-electron chi connectivity index (χ0n) is 10.3. The van der Waals surface area contributed by atoms with Gasteiger partial charge >= 0.3 is 0 Å². The van der Waals surface area contributed by atoms with Gasteiger partial charge in [-0.25, -0.2) is 0 Å². The zero-order valence-corrected chi connectivity index (χ0v) is 10.3. The van der Waals surface area contributed by atoms with E-state index >= 15 is 0 Å². The van der Waals surface area contributed by atoms with Crippen molar-refractivity contribution in [1.29, 1.82) is 0 Å². The van der Waals surface area contributed by atoms with Crippen LogP contribution in [0.25, 0.3) is 0 Å². The molecular weight excluding hydrogens is 202 g/mol. The number of hydrogen-bond donors (Lipinski definition) is 2. The molecule has 1 rings (SSSR count). The van der Waals surface area contributed by atoms with Crippen molar-refractivity contribution in [3.63, 3.8) is 0 Å². The summed E-state index contributed by atoms with van der Waals surface area (Å²) >= 11 is 0. The summed E-state index contributed by atoms with van der Waals surface area (Å²) in [5.74, 6) is 0.821. The number of benzene rings is 1. The van der Waals surface area contributed by atoms with E-state index in [4.69, 9.17) is 4.74 Å². The summed E-state index contributed by atoms with van der Waals surface area (Å²) in [4.78, 5) is 0. The fourth-order valence-corrected chi connectivity index (χ4v) is 1.50. The number of nitrogens with one attached hydrogen (secondary N) is 1. The Balaban J connectivity index is 2.60. The molecule has 1 aromatic rings. The van der Waals surface area contributed by atoms with Gasteiger partial charge in [-0.1, -0.05) is 19.9 Å². The van der Waals surface area contributed by atoms with Crippen molar-refractivity contribution in [2.45, 2.75) is 32.3 Å². The lowest BCUT2D eigenvalue weighted by molar-refractivity contribution is 0.0457. The second kappa shape index (κ2) is 5.75. The molecule has 0 radical (unpaired) electrons. The van der Waals surface area contributed by atoms with E-state index in [0.29, 0.717) is 6.54 Å². The van der Waals surface area contributed by atoms with Gasteiger partial charge in [0.25, 0.3) is 0 Å². The minimum atomic E-state index is -0.622. The van der Waals surface area contributed by atoms with Gasteiger partial charge in [0.2, 0.25) is 0 Å². The normalized spacial score (nSPS) is 11.2. The molecule has 1 aromatic carbocycles. The third-order valence-corrected chi connectivity index (χ3v) is 3.01. The maximum Gasteiger partial charge on any atom is 0.120 e. The minimum absolute atomic E-state index is 0.563. The van der Waals surface area contributed by atoms with Gasteiger partial charge in [-0.05, 0) is 25.0 Å². The molecule has 0 saturated heterocycles. The van der Waals surface area contributed by atoms with E-state index < -0.39 is 5.60 Å². The Kier molecular flexibility index (Phi) is 4.62. The average Bonchev–Trinajstić information content (AvgIpc) is 2.36. The molecule has 0 unspecified atom stereocenters. The van der Waals surface area contributed by atoms with E-state index in [0.717, 1.165) is 24.3 Å². The maximum absolute atomic E-state index is 10.1. The van der Waals surface area contributed by atoms with Crippen LogP contribution in [0.2, 0.25) is 0 Å². The first-order valence-corrected chi connectivity index (χ1v) is 5.74. The van der Waals surface area contributed by atoms with Gasteiger partial charge in [0, 0.05) is 18.3 Å². The molecule has 0 spiro atoms. The Labute approximate surface area is 97.4 Å². The molecule has 0 amide bonds. The summed E-state index contributed by atoms with van der Waals surface area (Å²) in [6.07, 6.45) is 1.50. The first kappa shape index (κ1) is 12.8. The number of anilines is 1. The fraction of sp³-hybridized carbons (Fsp3) is 0.538. The van der Waals surface area contributed by atoms with Crippen molar-refractivity contribution in [2.75, 3.05) is 19.0 Å². The van der Waals surface area contributed by atoms with Crippen LogP contribution in [0.4, 0.5) is 5.69 Å². The zero-order chi connectivity index (χ0) is 12.0. The van der Waals surface area contributed by atoms with Crippen molar-refractivity contribution in [3.8, 4) is 5.75 Å². The number of hydrogen-bond acceptors (Lipinski definition) is 3. The summed E-state index contributed by atoms with van der Waals surface area (Å²) in [6, 6.07) is 7.72. The summed E-state index contributed by atoms with van der Waals surface area (Å²) in [6.45, 7) is 4.56. The van der Waals surface area contributed by atoms with Crippen LogP contribution in [0.15, 0.2) is 24.3 Å². The Morgan fingerprint density at radius 3 is 2.56 bits per heavy atom. The van der Waals surface area contributed by atoms with E-state index in [2.05, 4.69) is 5.32 Å². The van der Waals surface area contributed by atoms with Gasteiger partial charge < -0.3 is 15.2 Å². The van der Waals surface area contributed by atoms with Crippen LogP contribution in [0, 0.1) is 0 Å². The first-order chi connectivity index (χ1) is 7.63. The lowest BCUT2D eigenvalue weighted by Gasteiger charge is -2.26. The average molecular weight is 223 g/mol. The van der Waals surface area contributed by atoms with Crippen LogP contribution in [0.1, 0.15) is 26.7 Å². The molecule has 3 heteroatoms. The molecule has 16 heavy (non-hydrogen) atoms. The van der Waals surface area contributed by atoms with Crippen molar-refractivity contribution in [2.24, 2.45) is 0 Å². The predicted octanol–water partition coefficient (Wildman–Crippen LogP) is 2.66. The van der Waals surface area contributed by atoms with Crippen LogP contribution >= 0.6 is 0 Å². The van der Waals surface area contributed by atoms with Crippen molar-refractivity contribution in [3.05, 3.63) is 24.3 Å². The SMILES string of the molecule is CCC(O)(CC)CNc1cccc(OC)c1. The van der Waals surface area contributed by atoms with E-state index in [1.807, 2.05) is 38.1 Å². The van der Waals surface area contributed by atoms with E-state index in [9.17, 15) is 5.11 Å². The summed E-state index contributed by atoms with van der Waals surface area (Å²) in [5.41, 5.74) is 0.350. The van der Waals surface area contributed by atoms with Crippen LogP contribution in [0.3, 0.4) is 0 Å². The van der Waals surface area contributed by atoms with Gasteiger partial charge in [0.1, 0.15) is 5.75 Å². The molecule has 0 bridgehead atoms. The lowest BCUT2D eigenvalue weighted by Crippen LogP contribution is -2.35. The number of rotatable bonds is 6. The van der Waals surface area contributed by atoms with E-state index in [-0.39, 0.29) is 0 Å². The summed E-state index contributed by atoms with van der Waals surface area (Å²) in [7, 11) is 1.65. The highest BCUT2D eigenvalue weighted by molar-refractivity contribution is 5.48. The maximum atomic E-state index is 10.1. The number of aliphatic hydroxyl groups is 1. The van der Waals surface area contributed by atoms with Gasteiger partial charge in [-0.3, -0.25) is 0 Å². The molecule has 0 heterocycles. The van der Waals surface area contributed by atoms with Crippen molar-refractivity contribution < 1.29 is 9.84 Å². The monoisotopic (exact) mass is 223 g/mol. The predicted molar refractivity (Wildman–Crippen MR) is 67.0 cm³/mol. The summed E-state index contributed by atoms with van der Waals surface area (Å²) < 4.78 is 5.14. The lowest BCUT2D eigenvalue weighted by atomic mass is 9.97. The molecule has 0 fully saturated rings. The molecule has 3 nitrogen and oxygen atoms in total. The standard InChI is InChI=1S/C13H21NO2/c1-4-13(15,5-2)10-14-11-7-6-8-12(9-11)16-3/h6-9,14-15H,4-5,10H2,1-3H3. The Bertz CT molecular complexity index is 321. The van der Waals surface area contributed by atoms with Gasteiger partial charge in [-0.15, -0.1) is 0 Å². The number of ether oxygens (including phenoxy) is 1. The third kappa shape index (κ3) is 3.42. The molecule has 90 valence electrons. The fourth-order valence-electron chi connectivity index (χ4n) is 1.50. The molecular formula is C13H21NO2. The van der Waals surface area contributed by atoms with Gasteiger partial charge in [0.15, 0.2) is 0 Å². The highest BCUT2D eigenvalue weighted by atomic mass is 16.5.